The van der Waals surface area contributed by atoms with E-state index in [-0.39, 0.29) is 11.5 Å². The number of anilines is 3. The van der Waals surface area contributed by atoms with E-state index in [4.69, 9.17) is 11.5 Å². The summed E-state index contributed by atoms with van der Waals surface area (Å²) in [6, 6.07) is 1.67. The molecule has 78 valence electrons. The van der Waals surface area contributed by atoms with Crippen molar-refractivity contribution < 1.29 is 0 Å². The molecule has 0 aliphatic carbocycles. The smallest absolute Gasteiger partial charge is 0.223 e. The molecule has 1 heterocycles. The monoisotopic (exact) mass is 195 g/mol. The number of aromatic nitrogens is 2. The van der Waals surface area contributed by atoms with Crippen LogP contribution in [0.15, 0.2) is 6.07 Å². The van der Waals surface area contributed by atoms with Crippen LogP contribution < -0.4 is 16.8 Å². The lowest BCUT2D eigenvalue weighted by atomic mass is 10.0. The third kappa shape index (κ3) is 2.76. The Hall–Kier alpha value is -1.52. The summed E-state index contributed by atoms with van der Waals surface area (Å²) in [5, 5.41) is 3.24. The largest absolute Gasteiger partial charge is 0.383 e. The van der Waals surface area contributed by atoms with Crippen LogP contribution in [-0.4, -0.2) is 15.5 Å². The Morgan fingerprint density at radius 3 is 2.50 bits per heavy atom. The van der Waals surface area contributed by atoms with Crippen molar-refractivity contribution in [2.24, 2.45) is 0 Å². The maximum atomic E-state index is 5.55. The van der Waals surface area contributed by atoms with Gasteiger partial charge in [0.25, 0.3) is 0 Å². The summed E-state index contributed by atoms with van der Waals surface area (Å²) < 4.78 is 0. The summed E-state index contributed by atoms with van der Waals surface area (Å²) in [5.74, 6) is 1.24. The zero-order chi connectivity index (χ0) is 10.8. The first-order chi connectivity index (χ1) is 6.43. The van der Waals surface area contributed by atoms with Crippen LogP contribution in [0.25, 0.3) is 0 Å². The number of nitrogens with zero attached hydrogens (tertiary/aromatic N) is 2. The second kappa shape index (κ2) is 3.69. The second-order valence-electron chi connectivity index (χ2n) is 3.90. The van der Waals surface area contributed by atoms with E-state index in [1.165, 1.54) is 0 Å². The average molecular weight is 195 g/mol. The lowest BCUT2D eigenvalue weighted by molar-refractivity contribution is 0.545. The number of rotatable bonds is 3. The molecule has 1 rings (SSSR count). The van der Waals surface area contributed by atoms with Crippen LogP contribution in [-0.2, 0) is 0 Å². The van der Waals surface area contributed by atoms with Crippen molar-refractivity contribution >= 4 is 17.6 Å². The molecule has 5 nitrogen and oxygen atoms in total. The Morgan fingerprint density at radius 1 is 1.36 bits per heavy atom. The minimum absolute atomic E-state index is 0.0206. The van der Waals surface area contributed by atoms with Gasteiger partial charge in [-0.2, -0.15) is 9.97 Å². The summed E-state index contributed by atoms with van der Waals surface area (Å²) in [6.07, 6.45) is 0.983. The molecule has 14 heavy (non-hydrogen) atoms. The zero-order valence-corrected chi connectivity index (χ0v) is 8.83. The number of nitrogens with two attached hydrogens (primary N) is 2. The molecule has 0 aliphatic rings. The fourth-order valence-electron chi connectivity index (χ4n) is 0.984. The average Bonchev–Trinajstić information content (AvgIpc) is 2.01. The van der Waals surface area contributed by atoms with E-state index in [1.807, 2.05) is 0 Å². The van der Waals surface area contributed by atoms with Crippen LogP contribution in [0.5, 0.6) is 0 Å². The van der Waals surface area contributed by atoms with Crippen LogP contribution in [0.4, 0.5) is 17.6 Å². The Morgan fingerprint density at radius 2 is 2.00 bits per heavy atom. The molecule has 5 N–H and O–H groups in total. The van der Waals surface area contributed by atoms with E-state index in [0.29, 0.717) is 11.6 Å². The molecule has 0 saturated carbocycles. The molecule has 1 aromatic rings. The van der Waals surface area contributed by atoms with Crippen molar-refractivity contribution in [1.82, 2.24) is 9.97 Å². The lowest BCUT2D eigenvalue weighted by Crippen LogP contribution is -2.30. The molecular weight excluding hydrogens is 178 g/mol. The molecule has 5 heteroatoms. The Bertz CT molecular complexity index is 301. The van der Waals surface area contributed by atoms with Gasteiger partial charge in [-0.1, -0.05) is 6.92 Å². The molecule has 0 saturated heterocycles. The van der Waals surface area contributed by atoms with Crippen LogP contribution in [0.2, 0.25) is 0 Å². The van der Waals surface area contributed by atoms with Crippen LogP contribution >= 0.6 is 0 Å². The van der Waals surface area contributed by atoms with E-state index in [0.717, 1.165) is 6.42 Å². The molecule has 0 amide bonds. The summed E-state index contributed by atoms with van der Waals surface area (Å²) in [6.45, 7) is 6.27. The van der Waals surface area contributed by atoms with Gasteiger partial charge in [0.1, 0.15) is 11.6 Å². The molecule has 0 bridgehead atoms. The van der Waals surface area contributed by atoms with Crippen LogP contribution in [0.3, 0.4) is 0 Å². The Balaban J connectivity index is 2.87. The van der Waals surface area contributed by atoms with E-state index in [2.05, 4.69) is 36.1 Å². The highest BCUT2D eigenvalue weighted by Gasteiger charge is 2.15. The number of hydrogen-bond acceptors (Lipinski definition) is 5. The van der Waals surface area contributed by atoms with Crippen molar-refractivity contribution in [2.45, 2.75) is 32.7 Å². The van der Waals surface area contributed by atoms with Gasteiger partial charge in [-0.05, 0) is 20.3 Å². The van der Waals surface area contributed by atoms with E-state index >= 15 is 0 Å². The van der Waals surface area contributed by atoms with Gasteiger partial charge in [0.05, 0.1) is 0 Å². The molecule has 0 unspecified atom stereocenters. The molecule has 0 atom stereocenters. The maximum absolute atomic E-state index is 5.55. The molecule has 0 fully saturated rings. The molecule has 0 aromatic carbocycles. The van der Waals surface area contributed by atoms with Gasteiger partial charge in [0, 0.05) is 11.6 Å². The summed E-state index contributed by atoms with van der Waals surface area (Å²) in [4.78, 5) is 7.84. The fourth-order valence-corrected chi connectivity index (χ4v) is 0.984. The summed E-state index contributed by atoms with van der Waals surface area (Å²) in [5.41, 5.74) is 11.0. The van der Waals surface area contributed by atoms with Gasteiger partial charge in [-0.25, -0.2) is 0 Å². The Kier molecular flexibility index (Phi) is 2.78. The lowest BCUT2D eigenvalue weighted by Gasteiger charge is -2.25. The quantitative estimate of drug-likeness (QED) is 0.675. The predicted molar refractivity (Wildman–Crippen MR) is 58.8 cm³/mol. The summed E-state index contributed by atoms with van der Waals surface area (Å²) >= 11 is 0. The van der Waals surface area contributed by atoms with Gasteiger partial charge in [0.2, 0.25) is 5.95 Å². The fraction of sp³-hybridized carbons (Fsp3) is 0.556. The van der Waals surface area contributed by atoms with Crippen LogP contribution in [0.1, 0.15) is 27.2 Å². The topological polar surface area (TPSA) is 89.8 Å². The van der Waals surface area contributed by atoms with Crippen molar-refractivity contribution in [3.63, 3.8) is 0 Å². The highest BCUT2D eigenvalue weighted by molar-refractivity contribution is 5.49. The standard InChI is InChI=1S/C9H17N5/c1-4-9(2,3)14-7-5-6(10)12-8(11)13-7/h5H,4H2,1-3H3,(H5,10,11,12,13,14). The Labute approximate surface area is 83.9 Å². The van der Waals surface area contributed by atoms with Crippen molar-refractivity contribution in [3.8, 4) is 0 Å². The minimum atomic E-state index is -0.0206. The molecule has 0 radical (unpaired) electrons. The van der Waals surface area contributed by atoms with E-state index < -0.39 is 0 Å². The second-order valence-corrected chi connectivity index (χ2v) is 3.90. The normalized spacial score (nSPS) is 11.4. The highest BCUT2D eigenvalue weighted by atomic mass is 15.1. The third-order valence-corrected chi connectivity index (χ3v) is 2.11. The van der Waals surface area contributed by atoms with Gasteiger partial charge < -0.3 is 16.8 Å². The third-order valence-electron chi connectivity index (χ3n) is 2.11. The highest BCUT2D eigenvalue weighted by Crippen LogP contribution is 2.17. The molecule has 1 aromatic heterocycles. The maximum Gasteiger partial charge on any atom is 0.223 e. The SMILES string of the molecule is CCC(C)(C)Nc1cc(N)nc(N)n1. The van der Waals surface area contributed by atoms with Gasteiger partial charge in [-0.3, -0.25) is 0 Å². The van der Waals surface area contributed by atoms with Crippen molar-refractivity contribution in [1.29, 1.82) is 0 Å². The zero-order valence-electron chi connectivity index (χ0n) is 8.83. The van der Waals surface area contributed by atoms with E-state index in [9.17, 15) is 0 Å². The molecular formula is C9H17N5. The summed E-state index contributed by atoms with van der Waals surface area (Å²) in [7, 11) is 0. The van der Waals surface area contributed by atoms with E-state index in [1.54, 1.807) is 6.07 Å². The predicted octanol–water partition coefficient (Wildman–Crippen LogP) is 1.24. The first kappa shape index (κ1) is 10.6. The minimum Gasteiger partial charge on any atom is -0.383 e. The first-order valence-electron chi connectivity index (χ1n) is 4.61. The number of hydrogen-bond donors (Lipinski definition) is 3. The van der Waals surface area contributed by atoms with Crippen molar-refractivity contribution in [2.75, 3.05) is 16.8 Å². The van der Waals surface area contributed by atoms with Gasteiger partial charge >= 0.3 is 0 Å². The van der Waals surface area contributed by atoms with Gasteiger partial charge in [0.15, 0.2) is 0 Å². The molecule has 0 aliphatic heterocycles. The molecule has 0 spiro atoms. The number of nitrogens with one attached hydrogen (secondary N) is 1. The van der Waals surface area contributed by atoms with Crippen LogP contribution in [0, 0.1) is 0 Å². The first-order valence-corrected chi connectivity index (χ1v) is 4.61. The van der Waals surface area contributed by atoms with Gasteiger partial charge in [-0.15, -0.1) is 0 Å². The number of nitrogen functional groups attached to an aromatic ring is 2. The van der Waals surface area contributed by atoms with Crippen molar-refractivity contribution in [3.05, 3.63) is 6.07 Å².